The molecule has 0 saturated carbocycles. The van der Waals surface area contributed by atoms with Crippen molar-refractivity contribution in [2.75, 3.05) is 6.54 Å². The molecule has 1 nitrogen and oxygen atoms in total. The molecule has 1 saturated heterocycles. The molecule has 15 heavy (non-hydrogen) atoms. The van der Waals surface area contributed by atoms with E-state index >= 15 is 0 Å². The Bertz CT molecular complexity index is 324. The molecule has 84 valence electrons. The smallest absolute Gasteiger partial charge is 0.122 e. The van der Waals surface area contributed by atoms with Crippen molar-refractivity contribution in [1.29, 1.82) is 0 Å². The lowest BCUT2D eigenvalue weighted by molar-refractivity contribution is 0.261. The molecule has 1 unspecified atom stereocenters. The minimum atomic E-state index is -0.905. The van der Waals surface area contributed by atoms with Gasteiger partial charge in [-0.2, -0.15) is 0 Å². The molecule has 0 amide bonds. The van der Waals surface area contributed by atoms with Crippen LogP contribution < -0.4 is 5.32 Å². The summed E-state index contributed by atoms with van der Waals surface area (Å²) in [5.74, 6) is -1.04. The summed E-state index contributed by atoms with van der Waals surface area (Å²) in [5.41, 5.74) is -0.649. The van der Waals surface area contributed by atoms with Crippen LogP contribution in [0.25, 0.3) is 0 Å². The van der Waals surface area contributed by atoms with Gasteiger partial charge in [-0.3, -0.25) is 0 Å². The standard InChI is InChI=1S/C11H14F3N/c1-11(10-3-9(14)6-15-10)4-7(12)2-8(13)5-11/h2,4,9-10,15H,3,5-6H2,1H3/t9-,10+,11?/m0/s1. The van der Waals surface area contributed by atoms with Gasteiger partial charge in [0.2, 0.25) is 0 Å². The van der Waals surface area contributed by atoms with E-state index in [1.807, 2.05) is 0 Å². The van der Waals surface area contributed by atoms with Crippen LogP contribution in [0.2, 0.25) is 0 Å². The molecule has 1 fully saturated rings. The van der Waals surface area contributed by atoms with E-state index in [4.69, 9.17) is 0 Å². The normalized spacial score (nSPS) is 41.3. The van der Waals surface area contributed by atoms with Gasteiger partial charge in [0.05, 0.1) is 0 Å². The fourth-order valence-electron chi connectivity index (χ4n) is 2.39. The van der Waals surface area contributed by atoms with Crippen molar-refractivity contribution in [3.8, 4) is 0 Å². The summed E-state index contributed by atoms with van der Waals surface area (Å²) in [6.07, 6.45) is 1.85. The third-order valence-corrected chi connectivity index (χ3v) is 3.19. The first kappa shape index (κ1) is 10.7. The summed E-state index contributed by atoms with van der Waals surface area (Å²) in [7, 11) is 0. The summed E-state index contributed by atoms with van der Waals surface area (Å²) in [5, 5.41) is 2.98. The van der Waals surface area contributed by atoms with Crippen LogP contribution in [0.15, 0.2) is 23.8 Å². The van der Waals surface area contributed by atoms with Gasteiger partial charge in [-0.1, -0.05) is 6.92 Å². The van der Waals surface area contributed by atoms with Gasteiger partial charge in [0, 0.05) is 30.5 Å². The Balaban J connectivity index is 2.17. The second kappa shape index (κ2) is 3.67. The summed E-state index contributed by atoms with van der Waals surface area (Å²) in [6.45, 7) is 2.04. The average molecular weight is 217 g/mol. The molecular formula is C11H14F3N. The van der Waals surface area contributed by atoms with Gasteiger partial charge in [-0.25, -0.2) is 13.2 Å². The van der Waals surface area contributed by atoms with Gasteiger partial charge in [-0.15, -0.1) is 0 Å². The molecule has 0 aromatic rings. The maximum atomic E-state index is 13.1. The average Bonchev–Trinajstić information content (AvgIpc) is 2.49. The van der Waals surface area contributed by atoms with E-state index in [-0.39, 0.29) is 19.0 Å². The first-order chi connectivity index (χ1) is 6.99. The minimum Gasteiger partial charge on any atom is -0.310 e. The Labute approximate surface area is 87.0 Å². The zero-order valence-electron chi connectivity index (χ0n) is 8.56. The van der Waals surface area contributed by atoms with Crippen LogP contribution in [0.1, 0.15) is 19.8 Å². The highest BCUT2D eigenvalue weighted by atomic mass is 19.1. The fourth-order valence-corrected chi connectivity index (χ4v) is 2.39. The van der Waals surface area contributed by atoms with Gasteiger partial charge < -0.3 is 5.32 Å². The van der Waals surface area contributed by atoms with Gasteiger partial charge >= 0.3 is 0 Å². The third-order valence-electron chi connectivity index (χ3n) is 3.19. The zero-order chi connectivity index (χ0) is 11.1. The highest BCUT2D eigenvalue weighted by molar-refractivity contribution is 5.26. The number of allylic oxidation sites excluding steroid dienone is 3. The van der Waals surface area contributed by atoms with Crippen LogP contribution >= 0.6 is 0 Å². The molecule has 0 radical (unpaired) electrons. The van der Waals surface area contributed by atoms with Crippen molar-refractivity contribution in [1.82, 2.24) is 5.32 Å². The van der Waals surface area contributed by atoms with Crippen molar-refractivity contribution >= 4 is 0 Å². The lowest BCUT2D eigenvalue weighted by Crippen LogP contribution is -2.39. The van der Waals surface area contributed by atoms with Crippen molar-refractivity contribution in [2.45, 2.75) is 32.0 Å². The Morgan fingerprint density at radius 1 is 1.47 bits per heavy atom. The van der Waals surface area contributed by atoms with Gasteiger partial charge in [0.25, 0.3) is 0 Å². The first-order valence-electron chi connectivity index (χ1n) is 5.11. The monoisotopic (exact) mass is 217 g/mol. The quantitative estimate of drug-likeness (QED) is 0.712. The van der Waals surface area contributed by atoms with Crippen molar-refractivity contribution in [3.63, 3.8) is 0 Å². The second-order valence-corrected chi connectivity index (χ2v) is 4.60. The van der Waals surface area contributed by atoms with E-state index in [1.54, 1.807) is 6.92 Å². The first-order valence-corrected chi connectivity index (χ1v) is 5.11. The molecule has 0 spiro atoms. The van der Waals surface area contributed by atoms with Gasteiger partial charge in [0.1, 0.15) is 17.8 Å². The lowest BCUT2D eigenvalue weighted by atomic mass is 9.75. The Morgan fingerprint density at radius 3 is 2.73 bits per heavy atom. The van der Waals surface area contributed by atoms with E-state index in [0.29, 0.717) is 6.42 Å². The molecule has 1 aliphatic carbocycles. The molecule has 2 aliphatic rings. The molecule has 1 N–H and O–H groups in total. The van der Waals surface area contributed by atoms with Crippen molar-refractivity contribution in [3.05, 3.63) is 23.8 Å². The van der Waals surface area contributed by atoms with E-state index in [0.717, 1.165) is 6.08 Å². The maximum Gasteiger partial charge on any atom is 0.122 e. The van der Waals surface area contributed by atoms with Gasteiger partial charge in [0.15, 0.2) is 0 Å². The highest BCUT2D eigenvalue weighted by Crippen LogP contribution is 2.40. The van der Waals surface area contributed by atoms with Gasteiger partial charge in [-0.05, 0) is 12.5 Å². The number of hydrogen-bond acceptors (Lipinski definition) is 1. The minimum absolute atomic E-state index is 0.144. The van der Waals surface area contributed by atoms with Crippen LogP contribution in [-0.4, -0.2) is 18.8 Å². The third kappa shape index (κ3) is 2.09. The molecule has 0 bridgehead atoms. The number of nitrogens with one attached hydrogen (secondary N) is 1. The van der Waals surface area contributed by atoms with Crippen molar-refractivity contribution < 1.29 is 13.2 Å². The molecule has 0 aromatic carbocycles. The Morgan fingerprint density at radius 2 is 2.20 bits per heavy atom. The molecular weight excluding hydrogens is 203 g/mol. The number of alkyl halides is 1. The Kier molecular flexibility index (Phi) is 2.63. The predicted octanol–water partition coefficient (Wildman–Crippen LogP) is 2.80. The summed E-state index contributed by atoms with van der Waals surface area (Å²) < 4.78 is 39.2. The van der Waals surface area contributed by atoms with E-state index in [1.165, 1.54) is 6.08 Å². The molecule has 4 heteroatoms. The summed E-state index contributed by atoms with van der Waals surface area (Å²) >= 11 is 0. The number of halogens is 3. The van der Waals surface area contributed by atoms with Crippen molar-refractivity contribution in [2.24, 2.45) is 5.41 Å². The van der Waals surface area contributed by atoms with Crippen LogP contribution in [0, 0.1) is 5.41 Å². The molecule has 0 aromatic heterocycles. The van der Waals surface area contributed by atoms with E-state index in [2.05, 4.69) is 5.32 Å². The lowest BCUT2D eigenvalue weighted by Gasteiger charge is -2.34. The number of hydrogen-bond donors (Lipinski definition) is 1. The van der Waals surface area contributed by atoms with Crippen LogP contribution in [0.5, 0.6) is 0 Å². The van der Waals surface area contributed by atoms with E-state index in [9.17, 15) is 13.2 Å². The summed E-state index contributed by atoms with van der Waals surface area (Å²) in [4.78, 5) is 0. The second-order valence-electron chi connectivity index (χ2n) is 4.60. The molecule has 1 aliphatic heterocycles. The zero-order valence-corrected chi connectivity index (χ0v) is 8.56. The maximum absolute atomic E-state index is 13.1. The SMILES string of the molecule is CC1([C@H]2C[C@H](F)CN2)C=C(F)C=C(F)C1. The predicted molar refractivity (Wildman–Crippen MR) is 52.4 cm³/mol. The van der Waals surface area contributed by atoms with Crippen LogP contribution in [0.4, 0.5) is 13.2 Å². The fraction of sp³-hybridized carbons (Fsp3) is 0.636. The molecule has 3 atom stereocenters. The van der Waals surface area contributed by atoms with Crippen LogP contribution in [-0.2, 0) is 0 Å². The topological polar surface area (TPSA) is 12.0 Å². The highest BCUT2D eigenvalue weighted by Gasteiger charge is 2.40. The molecule has 2 rings (SSSR count). The summed E-state index contributed by atoms with van der Waals surface area (Å²) in [6, 6.07) is -0.183. The van der Waals surface area contributed by atoms with Crippen LogP contribution in [0.3, 0.4) is 0 Å². The van der Waals surface area contributed by atoms with E-state index < -0.39 is 23.2 Å². The Hall–Kier alpha value is -0.770. The largest absolute Gasteiger partial charge is 0.310 e. The molecule has 1 heterocycles. The number of rotatable bonds is 1.